The Bertz CT molecular complexity index is 1540. The van der Waals surface area contributed by atoms with Crippen molar-refractivity contribution in [1.29, 1.82) is 5.26 Å². The summed E-state index contributed by atoms with van der Waals surface area (Å²) in [5, 5.41) is 11.9. The van der Waals surface area contributed by atoms with E-state index in [-0.39, 0.29) is 12.5 Å². The van der Waals surface area contributed by atoms with Crippen molar-refractivity contribution in [2.24, 2.45) is 0 Å². The standard InChI is InChI=1S/C33H38BrFN6O2/c1-22(35)33(42)41-17-16-40(19-24(41)11-13-36)30-18-31(43-21-25-8-5-14-38(25)2)37-28-20-39(15-12-26(28)30)29-10-4-7-23-6-3-9-27(34)32(23)29/h3-4,6-7,9-10,18,22,24-25H,5,8,11-12,14-17,19-21H2,1-2H3/t22?,24-,25-/m0/s1. The average Bonchev–Trinajstić information content (AvgIpc) is 3.43. The van der Waals surface area contributed by atoms with E-state index in [1.807, 2.05) is 6.07 Å². The van der Waals surface area contributed by atoms with E-state index in [1.165, 1.54) is 35.4 Å². The zero-order valence-electron chi connectivity index (χ0n) is 24.8. The molecule has 4 heterocycles. The zero-order valence-corrected chi connectivity index (χ0v) is 26.4. The fourth-order valence-electron chi connectivity index (χ4n) is 6.84. The lowest BCUT2D eigenvalue weighted by molar-refractivity contribution is -0.138. The first-order chi connectivity index (χ1) is 20.8. The van der Waals surface area contributed by atoms with E-state index >= 15 is 0 Å². The topological polar surface area (TPSA) is 75.9 Å². The molecule has 1 aromatic heterocycles. The second-order valence-electron chi connectivity index (χ2n) is 11.9. The molecule has 1 unspecified atom stereocenters. The summed E-state index contributed by atoms with van der Waals surface area (Å²) in [5.74, 6) is 0.0565. The molecule has 0 bridgehead atoms. The van der Waals surface area contributed by atoms with Gasteiger partial charge in [0, 0.05) is 65.1 Å². The second kappa shape index (κ2) is 12.7. The van der Waals surface area contributed by atoms with Crippen LogP contribution in [0.3, 0.4) is 0 Å². The molecule has 2 aromatic carbocycles. The number of likely N-dealkylation sites (tertiary alicyclic amines) is 1. The lowest BCUT2D eigenvalue weighted by atomic mass is 9.98. The predicted octanol–water partition coefficient (Wildman–Crippen LogP) is 5.32. The van der Waals surface area contributed by atoms with E-state index in [9.17, 15) is 14.4 Å². The van der Waals surface area contributed by atoms with Crippen molar-refractivity contribution in [2.75, 3.05) is 56.2 Å². The SMILES string of the molecule is CC(F)C(=O)N1CCN(c2cc(OC[C@@H]3CCCN3C)nc3c2CCN(c2cccc4cccc(Br)c24)C3)C[C@@H]1CC#N. The summed E-state index contributed by atoms with van der Waals surface area (Å²) >= 11 is 3.77. The monoisotopic (exact) mass is 648 g/mol. The van der Waals surface area contributed by atoms with E-state index in [2.05, 4.69) is 80.1 Å². The number of piperazine rings is 1. The van der Waals surface area contributed by atoms with Crippen molar-refractivity contribution in [3.63, 3.8) is 0 Å². The summed E-state index contributed by atoms with van der Waals surface area (Å²) in [4.78, 5) is 26.2. The highest BCUT2D eigenvalue weighted by atomic mass is 79.9. The fraction of sp³-hybridized carbons (Fsp3) is 0.485. The van der Waals surface area contributed by atoms with Gasteiger partial charge >= 0.3 is 0 Å². The number of carbonyl (C=O) groups is 1. The molecule has 3 aliphatic rings. The van der Waals surface area contributed by atoms with Crippen LogP contribution in [-0.2, 0) is 17.8 Å². The van der Waals surface area contributed by atoms with Crippen LogP contribution in [0.1, 0.15) is 37.4 Å². The average molecular weight is 650 g/mol. The number of aromatic nitrogens is 1. The molecule has 1 amide bonds. The number of fused-ring (bicyclic) bond motifs is 2. The molecule has 0 spiro atoms. The summed E-state index contributed by atoms with van der Waals surface area (Å²) in [5.41, 5.74) is 4.37. The van der Waals surface area contributed by atoms with Gasteiger partial charge in [0.25, 0.3) is 5.91 Å². The number of halogens is 2. The van der Waals surface area contributed by atoms with E-state index < -0.39 is 12.1 Å². The maximum atomic E-state index is 14.0. The quantitative estimate of drug-likeness (QED) is 0.343. The Morgan fingerprint density at radius 2 is 1.95 bits per heavy atom. The molecule has 3 aromatic rings. The van der Waals surface area contributed by atoms with Crippen LogP contribution in [0.2, 0.25) is 0 Å². The first-order valence-corrected chi connectivity index (χ1v) is 16.0. The number of alkyl halides is 1. The van der Waals surface area contributed by atoms with Crippen LogP contribution >= 0.6 is 15.9 Å². The van der Waals surface area contributed by atoms with Gasteiger partial charge in [0.1, 0.15) is 6.61 Å². The smallest absolute Gasteiger partial charge is 0.257 e. The van der Waals surface area contributed by atoms with Crippen LogP contribution in [0, 0.1) is 11.3 Å². The molecular weight excluding hydrogens is 611 g/mol. The second-order valence-corrected chi connectivity index (χ2v) is 12.7. The highest BCUT2D eigenvalue weighted by molar-refractivity contribution is 9.10. The molecule has 0 saturated carbocycles. The maximum absolute atomic E-state index is 14.0. The minimum atomic E-state index is -1.59. The Morgan fingerprint density at radius 1 is 1.14 bits per heavy atom. The molecule has 3 aliphatic heterocycles. The van der Waals surface area contributed by atoms with Crippen molar-refractivity contribution >= 4 is 44.0 Å². The maximum Gasteiger partial charge on any atom is 0.257 e. The van der Waals surface area contributed by atoms with Crippen LogP contribution in [0.5, 0.6) is 5.88 Å². The number of nitriles is 1. The van der Waals surface area contributed by atoms with Crippen molar-refractivity contribution < 1.29 is 13.9 Å². The van der Waals surface area contributed by atoms with Crippen LogP contribution in [0.25, 0.3) is 10.8 Å². The summed E-state index contributed by atoms with van der Waals surface area (Å²) in [6, 6.07) is 16.9. The number of nitrogens with zero attached hydrogens (tertiary/aromatic N) is 6. The molecule has 0 radical (unpaired) electrons. The molecule has 3 atom stereocenters. The van der Waals surface area contributed by atoms with Gasteiger partial charge in [-0.2, -0.15) is 5.26 Å². The third-order valence-electron chi connectivity index (χ3n) is 9.18. The number of ether oxygens (including phenoxy) is 1. The number of anilines is 2. The van der Waals surface area contributed by atoms with Gasteiger partial charge in [-0.15, -0.1) is 0 Å². The molecule has 0 N–H and O–H groups in total. The molecule has 0 aliphatic carbocycles. The third kappa shape index (κ3) is 6.02. The number of hydrogen-bond donors (Lipinski definition) is 0. The van der Waals surface area contributed by atoms with Crippen molar-refractivity contribution in [2.45, 2.75) is 57.4 Å². The molecule has 8 nitrogen and oxygen atoms in total. The summed E-state index contributed by atoms with van der Waals surface area (Å²) in [6.45, 7) is 5.79. The lowest BCUT2D eigenvalue weighted by Gasteiger charge is -2.43. The summed E-state index contributed by atoms with van der Waals surface area (Å²) in [6.07, 6.45) is 1.65. The molecular formula is C33H38BrFN6O2. The fourth-order valence-corrected chi connectivity index (χ4v) is 7.42. The van der Waals surface area contributed by atoms with Gasteiger partial charge in [0.05, 0.1) is 30.8 Å². The van der Waals surface area contributed by atoms with E-state index in [1.54, 1.807) is 4.90 Å². The minimum Gasteiger partial charge on any atom is -0.476 e. The van der Waals surface area contributed by atoms with Gasteiger partial charge in [-0.3, -0.25) is 4.79 Å². The van der Waals surface area contributed by atoms with Crippen molar-refractivity contribution in [3.8, 4) is 11.9 Å². The highest BCUT2D eigenvalue weighted by Gasteiger charge is 2.35. The normalized spacial score (nSPS) is 21.5. The molecule has 43 heavy (non-hydrogen) atoms. The number of hydrogen-bond acceptors (Lipinski definition) is 7. The van der Waals surface area contributed by atoms with Gasteiger partial charge in [-0.1, -0.05) is 40.2 Å². The van der Waals surface area contributed by atoms with E-state index in [4.69, 9.17) is 9.72 Å². The van der Waals surface area contributed by atoms with E-state index in [0.717, 1.165) is 41.8 Å². The van der Waals surface area contributed by atoms with Gasteiger partial charge in [0.15, 0.2) is 6.17 Å². The third-order valence-corrected chi connectivity index (χ3v) is 9.84. The number of carbonyl (C=O) groups excluding carboxylic acids is 1. The van der Waals surface area contributed by atoms with Gasteiger partial charge in [0.2, 0.25) is 5.88 Å². The summed E-state index contributed by atoms with van der Waals surface area (Å²) < 4.78 is 21.5. The Kier molecular flexibility index (Phi) is 8.73. The number of rotatable bonds is 7. The van der Waals surface area contributed by atoms with Crippen LogP contribution in [0.15, 0.2) is 46.9 Å². The Labute approximate surface area is 261 Å². The Morgan fingerprint density at radius 3 is 2.70 bits per heavy atom. The number of pyridine rings is 1. The van der Waals surface area contributed by atoms with E-state index in [0.29, 0.717) is 44.7 Å². The molecule has 10 heteroatoms. The van der Waals surface area contributed by atoms with Crippen molar-refractivity contribution in [3.05, 3.63) is 58.2 Å². The van der Waals surface area contributed by atoms with Crippen LogP contribution in [0.4, 0.5) is 15.8 Å². The molecule has 2 saturated heterocycles. The lowest BCUT2D eigenvalue weighted by Crippen LogP contribution is -2.57. The molecule has 2 fully saturated rings. The first-order valence-electron chi connectivity index (χ1n) is 15.2. The van der Waals surface area contributed by atoms with Crippen LogP contribution in [-0.4, -0.2) is 85.3 Å². The summed E-state index contributed by atoms with van der Waals surface area (Å²) in [7, 11) is 2.14. The zero-order chi connectivity index (χ0) is 30.1. The van der Waals surface area contributed by atoms with Crippen molar-refractivity contribution in [1.82, 2.24) is 14.8 Å². The molecule has 226 valence electrons. The predicted molar refractivity (Wildman–Crippen MR) is 170 cm³/mol. The molecule has 6 rings (SSSR count). The number of benzene rings is 2. The Balaban J connectivity index is 1.33. The van der Waals surface area contributed by atoms with Gasteiger partial charge in [-0.05, 0) is 57.3 Å². The highest BCUT2D eigenvalue weighted by Crippen LogP contribution is 2.38. The van der Waals surface area contributed by atoms with Gasteiger partial charge < -0.3 is 24.3 Å². The largest absolute Gasteiger partial charge is 0.476 e. The number of amides is 1. The van der Waals surface area contributed by atoms with Gasteiger partial charge in [-0.25, -0.2) is 9.37 Å². The first kappa shape index (κ1) is 29.6. The minimum absolute atomic E-state index is 0.156. The van der Waals surface area contributed by atoms with Crippen LogP contribution < -0.4 is 14.5 Å². The number of likely N-dealkylation sites (N-methyl/N-ethyl adjacent to an activating group) is 1. The Hall–Kier alpha value is -3.42.